The van der Waals surface area contributed by atoms with Crippen LogP contribution in [0.1, 0.15) is 29.4 Å². The van der Waals surface area contributed by atoms with E-state index in [1.165, 1.54) is 17.7 Å². The third-order valence-electron chi connectivity index (χ3n) is 3.08. The van der Waals surface area contributed by atoms with Crippen LogP contribution in [0.15, 0.2) is 10.9 Å². The van der Waals surface area contributed by atoms with Crippen LogP contribution in [0.3, 0.4) is 0 Å². The monoisotopic (exact) mass is 245 g/mol. The Balaban J connectivity index is 1.62. The Morgan fingerprint density at radius 3 is 3.11 bits per heavy atom. The molecule has 6 heteroatoms. The van der Waals surface area contributed by atoms with Crippen molar-refractivity contribution in [2.45, 2.75) is 32.6 Å². The summed E-state index contributed by atoms with van der Waals surface area (Å²) in [5.41, 5.74) is 2.44. The van der Waals surface area contributed by atoms with E-state index >= 15 is 0 Å². The molecule has 0 aromatic carbocycles. The zero-order chi connectivity index (χ0) is 12.4. The van der Waals surface area contributed by atoms with Gasteiger partial charge in [0.05, 0.1) is 0 Å². The van der Waals surface area contributed by atoms with Gasteiger partial charge in [-0.3, -0.25) is 0 Å². The van der Waals surface area contributed by atoms with Gasteiger partial charge < -0.3 is 9.84 Å². The highest BCUT2D eigenvalue weighted by Crippen LogP contribution is 2.24. The summed E-state index contributed by atoms with van der Waals surface area (Å²) in [4.78, 5) is 12.8. The van der Waals surface area contributed by atoms with E-state index in [0.717, 1.165) is 25.2 Å². The van der Waals surface area contributed by atoms with E-state index in [0.29, 0.717) is 18.1 Å². The quantitative estimate of drug-likeness (QED) is 0.875. The van der Waals surface area contributed by atoms with Crippen molar-refractivity contribution in [3.05, 3.63) is 29.3 Å². The van der Waals surface area contributed by atoms with Gasteiger partial charge in [-0.1, -0.05) is 5.16 Å². The molecule has 0 spiro atoms. The molecule has 0 atom stereocenters. The zero-order valence-electron chi connectivity index (χ0n) is 10.3. The average molecular weight is 245 g/mol. The second-order valence-corrected chi connectivity index (χ2v) is 4.41. The molecule has 2 heterocycles. The van der Waals surface area contributed by atoms with Crippen LogP contribution in [0.5, 0.6) is 0 Å². The number of anilines is 1. The molecular weight excluding hydrogens is 230 g/mol. The summed E-state index contributed by atoms with van der Waals surface area (Å²) in [6.45, 7) is 2.56. The first-order valence-corrected chi connectivity index (χ1v) is 6.19. The van der Waals surface area contributed by atoms with Crippen molar-refractivity contribution in [1.29, 1.82) is 0 Å². The minimum Gasteiger partial charge on any atom is -0.369 e. The molecule has 18 heavy (non-hydrogen) atoms. The molecule has 0 aliphatic heterocycles. The average Bonchev–Trinajstić information content (AvgIpc) is 2.98. The molecule has 3 rings (SSSR count). The topological polar surface area (TPSA) is 76.7 Å². The SMILES string of the molecule is Cc1noc(CCNc2ncnc3c2CCC3)n1. The molecule has 2 aromatic rings. The molecular formula is C12H15N5O. The molecule has 1 N–H and O–H groups in total. The van der Waals surface area contributed by atoms with Crippen LogP contribution >= 0.6 is 0 Å². The van der Waals surface area contributed by atoms with Crippen molar-refractivity contribution in [3.63, 3.8) is 0 Å². The molecule has 0 amide bonds. The predicted octanol–water partition coefficient (Wildman–Crippen LogP) is 1.31. The van der Waals surface area contributed by atoms with E-state index < -0.39 is 0 Å². The number of hydrogen-bond donors (Lipinski definition) is 1. The van der Waals surface area contributed by atoms with Crippen molar-refractivity contribution in [1.82, 2.24) is 20.1 Å². The van der Waals surface area contributed by atoms with Gasteiger partial charge in [0.2, 0.25) is 5.89 Å². The van der Waals surface area contributed by atoms with Crippen LogP contribution in [0.2, 0.25) is 0 Å². The summed E-state index contributed by atoms with van der Waals surface area (Å²) in [6, 6.07) is 0. The molecule has 1 aliphatic rings. The Kier molecular flexibility index (Phi) is 2.92. The van der Waals surface area contributed by atoms with Gasteiger partial charge >= 0.3 is 0 Å². The number of nitrogens with one attached hydrogen (secondary N) is 1. The van der Waals surface area contributed by atoms with E-state index in [2.05, 4.69) is 25.4 Å². The lowest BCUT2D eigenvalue weighted by Crippen LogP contribution is -2.09. The van der Waals surface area contributed by atoms with Crippen LogP contribution in [-0.4, -0.2) is 26.7 Å². The van der Waals surface area contributed by atoms with Crippen LogP contribution in [0.25, 0.3) is 0 Å². The summed E-state index contributed by atoms with van der Waals surface area (Å²) in [5.74, 6) is 2.28. The fraction of sp³-hybridized carbons (Fsp3) is 0.500. The van der Waals surface area contributed by atoms with E-state index in [9.17, 15) is 0 Å². The van der Waals surface area contributed by atoms with Crippen LogP contribution in [-0.2, 0) is 19.3 Å². The van der Waals surface area contributed by atoms with Gasteiger partial charge in [-0.25, -0.2) is 9.97 Å². The summed E-state index contributed by atoms with van der Waals surface area (Å²) in [5, 5.41) is 7.08. The number of rotatable bonds is 4. The summed E-state index contributed by atoms with van der Waals surface area (Å²) < 4.78 is 5.06. The molecule has 0 fully saturated rings. The largest absolute Gasteiger partial charge is 0.369 e. The van der Waals surface area contributed by atoms with Crippen molar-refractivity contribution in [3.8, 4) is 0 Å². The minimum atomic E-state index is 0.658. The minimum absolute atomic E-state index is 0.658. The lowest BCUT2D eigenvalue weighted by Gasteiger charge is -2.07. The van der Waals surface area contributed by atoms with Crippen molar-refractivity contribution >= 4 is 5.82 Å². The summed E-state index contributed by atoms with van der Waals surface area (Å²) in [6.07, 6.45) is 5.64. The maximum atomic E-state index is 5.06. The Labute approximate surface area is 105 Å². The van der Waals surface area contributed by atoms with Crippen molar-refractivity contribution in [2.75, 3.05) is 11.9 Å². The van der Waals surface area contributed by atoms with E-state index in [1.807, 2.05) is 6.92 Å². The first-order valence-electron chi connectivity index (χ1n) is 6.19. The van der Waals surface area contributed by atoms with Crippen LogP contribution in [0, 0.1) is 6.92 Å². The highest BCUT2D eigenvalue weighted by atomic mass is 16.5. The first-order chi connectivity index (χ1) is 8.83. The summed E-state index contributed by atoms with van der Waals surface area (Å²) >= 11 is 0. The first kappa shape index (κ1) is 11.1. The van der Waals surface area contributed by atoms with Crippen LogP contribution < -0.4 is 5.32 Å². The Morgan fingerprint density at radius 2 is 2.28 bits per heavy atom. The van der Waals surface area contributed by atoms with Gasteiger partial charge in [0, 0.05) is 24.2 Å². The number of aryl methyl sites for hydroxylation is 2. The second-order valence-electron chi connectivity index (χ2n) is 4.41. The Morgan fingerprint density at radius 1 is 1.33 bits per heavy atom. The fourth-order valence-electron chi connectivity index (χ4n) is 2.24. The van der Waals surface area contributed by atoms with Gasteiger partial charge in [0.15, 0.2) is 5.82 Å². The molecule has 0 bridgehead atoms. The third-order valence-corrected chi connectivity index (χ3v) is 3.08. The smallest absolute Gasteiger partial charge is 0.228 e. The molecule has 6 nitrogen and oxygen atoms in total. The van der Waals surface area contributed by atoms with Gasteiger partial charge in [0.1, 0.15) is 12.1 Å². The molecule has 0 unspecified atom stereocenters. The molecule has 0 radical (unpaired) electrons. The Hall–Kier alpha value is -1.98. The van der Waals surface area contributed by atoms with Gasteiger partial charge in [-0.15, -0.1) is 0 Å². The maximum Gasteiger partial charge on any atom is 0.228 e. The molecule has 0 saturated heterocycles. The summed E-state index contributed by atoms with van der Waals surface area (Å²) in [7, 11) is 0. The number of fused-ring (bicyclic) bond motifs is 1. The number of nitrogens with zero attached hydrogens (tertiary/aromatic N) is 4. The highest BCUT2D eigenvalue weighted by Gasteiger charge is 2.16. The fourth-order valence-corrected chi connectivity index (χ4v) is 2.24. The molecule has 2 aromatic heterocycles. The van der Waals surface area contributed by atoms with Crippen molar-refractivity contribution < 1.29 is 4.52 Å². The molecule has 1 aliphatic carbocycles. The second kappa shape index (κ2) is 4.72. The van der Waals surface area contributed by atoms with Gasteiger partial charge in [-0.2, -0.15) is 4.98 Å². The lowest BCUT2D eigenvalue weighted by atomic mass is 10.2. The van der Waals surface area contributed by atoms with E-state index in [1.54, 1.807) is 6.33 Å². The third kappa shape index (κ3) is 2.18. The zero-order valence-corrected chi connectivity index (χ0v) is 10.3. The lowest BCUT2D eigenvalue weighted by molar-refractivity contribution is 0.377. The number of aromatic nitrogens is 4. The predicted molar refractivity (Wildman–Crippen MR) is 65.3 cm³/mol. The van der Waals surface area contributed by atoms with Gasteiger partial charge in [0.25, 0.3) is 0 Å². The van der Waals surface area contributed by atoms with E-state index in [-0.39, 0.29) is 0 Å². The van der Waals surface area contributed by atoms with E-state index in [4.69, 9.17) is 4.52 Å². The molecule has 94 valence electrons. The standard InChI is InChI=1S/C12H15N5O/c1-8-16-11(18-17-8)5-6-13-12-9-3-2-4-10(9)14-7-15-12/h7H,2-6H2,1H3,(H,13,14,15). The maximum absolute atomic E-state index is 5.06. The Bertz CT molecular complexity index is 551. The molecule has 0 saturated carbocycles. The van der Waals surface area contributed by atoms with Gasteiger partial charge in [-0.05, 0) is 26.2 Å². The normalized spacial score (nSPS) is 13.6. The highest BCUT2D eigenvalue weighted by molar-refractivity contribution is 5.47. The number of hydrogen-bond acceptors (Lipinski definition) is 6. The van der Waals surface area contributed by atoms with Crippen LogP contribution in [0.4, 0.5) is 5.82 Å². The van der Waals surface area contributed by atoms with Crippen molar-refractivity contribution in [2.24, 2.45) is 0 Å².